The number of methoxy groups -OCH3 is 2. The van der Waals surface area contributed by atoms with Crippen LogP contribution in [0.2, 0.25) is 0 Å². The van der Waals surface area contributed by atoms with E-state index in [2.05, 4.69) is 40.7 Å². The van der Waals surface area contributed by atoms with Crippen LogP contribution in [0.25, 0.3) is 0 Å². The van der Waals surface area contributed by atoms with Gasteiger partial charge in [0, 0.05) is 14.2 Å². The van der Waals surface area contributed by atoms with Crippen molar-refractivity contribution >= 4 is 0 Å². The average molecular weight is 431 g/mol. The van der Waals surface area contributed by atoms with Crippen molar-refractivity contribution in [1.82, 2.24) is 0 Å². The summed E-state index contributed by atoms with van der Waals surface area (Å²) in [7, 11) is 3.80. The molecule has 0 aliphatic heterocycles. The van der Waals surface area contributed by atoms with Gasteiger partial charge in [-0.2, -0.15) is 0 Å². The first-order valence-corrected chi connectivity index (χ1v) is 13.5. The molecule has 0 N–H and O–H groups in total. The van der Waals surface area contributed by atoms with Crippen molar-refractivity contribution in [2.75, 3.05) is 14.2 Å². The standard InChI is InChI=1S/C29H50O2/c1-19(2)27(31-7)13-8-20(3)24-11-12-25-23-10-9-21-18-22(30-6)14-16-28(21,4)26(23)15-17-29(24,25)5/h9,19-20,22-27H,8,10-18H2,1-7H3/t20-,22+,23+,24-,25+,26+,27-,28+,29-/m1/s1. The van der Waals surface area contributed by atoms with E-state index in [9.17, 15) is 0 Å². The Morgan fingerprint density at radius 3 is 2.42 bits per heavy atom. The van der Waals surface area contributed by atoms with Crippen LogP contribution in [0.3, 0.4) is 0 Å². The van der Waals surface area contributed by atoms with E-state index in [1.165, 1.54) is 64.2 Å². The summed E-state index contributed by atoms with van der Waals surface area (Å²) in [5.41, 5.74) is 2.76. The van der Waals surface area contributed by atoms with Gasteiger partial charge in [0.25, 0.3) is 0 Å². The first-order chi connectivity index (χ1) is 14.7. The molecule has 3 saturated carbocycles. The highest BCUT2D eigenvalue weighted by atomic mass is 16.5. The van der Waals surface area contributed by atoms with E-state index in [-0.39, 0.29) is 0 Å². The quantitative estimate of drug-likeness (QED) is 0.386. The summed E-state index contributed by atoms with van der Waals surface area (Å²) < 4.78 is 11.5. The average Bonchev–Trinajstić information content (AvgIpc) is 3.10. The predicted molar refractivity (Wildman–Crippen MR) is 130 cm³/mol. The minimum atomic E-state index is 0.423. The number of rotatable bonds is 7. The van der Waals surface area contributed by atoms with E-state index in [4.69, 9.17) is 9.47 Å². The molecule has 0 aromatic carbocycles. The molecule has 4 aliphatic rings. The molecular formula is C29H50O2. The molecule has 0 unspecified atom stereocenters. The third kappa shape index (κ3) is 4.07. The zero-order valence-electron chi connectivity index (χ0n) is 21.6. The Labute approximate surface area is 192 Å². The molecule has 31 heavy (non-hydrogen) atoms. The van der Waals surface area contributed by atoms with Gasteiger partial charge in [-0.15, -0.1) is 0 Å². The van der Waals surface area contributed by atoms with Crippen LogP contribution in [-0.4, -0.2) is 26.4 Å². The summed E-state index contributed by atoms with van der Waals surface area (Å²) in [6.07, 6.45) is 17.1. The summed E-state index contributed by atoms with van der Waals surface area (Å²) in [5, 5.41) is 0. The fraction of sp³-hybridized carbons (Fsp3) is 0.931. The molecule has 0 amide bonds. The molecule has 0 radical (unpaired) electrons. The van der Waals surface area contributed by atoms with Crippen LogP contribution < -0.4 is 0 Å². The van der Waals surface area contributed by atoms with Crippen molar-refractivity contribution < 1.29 is 9.47 Å². The van der Waals surface area contributed by atoms with Crippen molar-refractivity contribution in [3.05, 3.63) is 11.6 Å². The van der Waals surface area contributed by atoms with Gasteiger partial charge >= 0.3 is 0 Å². The van der Waals surface area contributed by atoms with Gasteiger partial charge in [-0.25, -0.2) is 0 Å². The lowest BCUT2D eigenvalue weighted by atomic mass is 9.47. The van der Waals surface area contributed by atoms with E-state index < -0.39 is 0 Å². The summed E-state index contributed by atoms with van der Waals surface area (Å²) in [4.78, 5) is 0. The molecular weight excluding hydrogens is 380 g/mol. The number of hydrogen-bond donors (Lipinski definition) is 0. The maximum atomic E-state index is 5.79. The van der Waals surface area contributed by atoms with Gasteiger partial charge in [0.1, 0.15) is 0 Å². The zero-order chi connectivity index (χ0) is 22.4. The molecule has 2 heteroatoms. The van der Waals surface area contributed by atoms with Gasteiger partial charge in [0.2, 0.25) is 0 Å². The summed E-state index contributed by atoms with van der Waals surface area (Å²) in [6.45, 7) is 12.5. The number of fused-ring (bicyclic) bond motifs is 5. The smallest absolute Gasteiger partial charge is 0.0608 e. The van der Waals surface area contributed by atoms with E-state index >= 15 is 0 Å². The third-order valence-corrected chi connectivity index (χ3v) is 11.1. The maximum absolute atomic E-state index is 5.79. The van der Waals surface area contributed by atoms with Gasteiger partial charge in [-0.3, -0.25) is 0 Å². The SMILES string of the molecule is CO[C@H]1CC[C@@]2(C)C(=CC[C@H]3[C@@H]4CC[C@H]([C@H](C)CC[C@@H](OC)C(C)C)[C@@]4(C)CC[C@@H]32)C1. The molecule has 178 valence electrons. The topological polar surface area (TPSA) is 18.5 Å². The molecule has 0 bridgehead atoms. The van der Waals surface area contributed by atoms with Crippen molar-refractivity contribution in [2.45, 2.75) is 111 Å². The maximum Gasteiger partial charge on any atom is 0.0608 e. The minimum Gasteiger partial charge on any atom is -0.381 e. The Bertz CT molecular complexity index is 653. The van der Waals surface area contributed by atoms with Crippen LogP contribution in [0.15, 0.2) is 11.6 Å². The largest absolute Gasteiger partial charge is 0.381 e. The monoisotopic (exact) mass is 430 g/mol. The summed E-state index contributed by atoms with van der Waals surface area (Å²) in [5.74, 6) is 5.13. The van der Waals surface area contributed by atoms with Crippen LogP contribution in [-0.2, 0) is 9.47 Å². The van der Waals surface area contributed by atoms with Gasteiger partial charge < -0.3 is 9.47 Å². The molecule has 0 heterocycles. The molecule has 4 rings (SSSR count). The summed E-state index contributed by atoms with van der Waals surface area (Å²) in [6, 6.07) is 0. The highest BCUT2D eigenvalue weighted by Crippen LogP contribution is 2.67. The molecule has 3 fully saturated rings. The van der Waals surface area contributed by atoms with Crippen molar-refractivity contribution in [3.63, 3.8) is 0 Å². The van der Waals surface area contributed by atoms with Gasteiger partial charge in [-0.1, -0.05) is 46.3 Å². The molecule has 2 nitrogen and oxygen atoms in total. The van der Waals surface area contributed by atoms with Crippen LogP contribution in [0, 0.1) is 46.3 Å². The lowest BCUT2D eigenvalue weighted by molar-refractivity contribution is -0.0610. The zero-order valence-corrected chi connectivity index (χ0v) is 21.6. The predicted octanol–water partition coefficient (Wildman–Crippen LogP) is 7.67. The molecule has 0 saturated heterocycles. The lowest BCUT2D eigenvalue weighted by Gasteiger charge is -2.58. The first kappa shape index (κ1) is 23.8. The van der Waals surface area contributed by atoms with E-state index in [0.29, 0.717) is 29.0 Å². The Balaban J connectivity index is 1.47. The van der Waals surface area contributed by atoms with E-state index in [1.54, 1.807) is 5.57 Å². The normalized spacial score (nSPS) is 44.3. The lowest BCUT2D eigenvalue weighted by Crippen LogP contribution is -2.51. The third-order valence-electron chi connectivity index (χ3n) is 11.1. The van der Waals surface area contributed by atoms with Crippen molar-refractivity contribution in [2.24, 2.45) is 46.3 Å². The Morgan fingerprint density at radius 2 is 1.74 bits per heavy atom. The minimum absolute atomic E-state index is 0.423. The van der Waals surface area contributed by atoms with Crippen molar-refractivity contribution in [1.29, 1.82) is 0 Å². The Hall–Kier alpha value is -0.340. The van der Waals surface area contributed by atoms with E-state index in [1.807, 2.05) is 14.2 Å². The van der Waals surface area contributed by atoms with Crippen LogP contribution in [0.4, 0.5) is 0 Å². The van der Waals surface area contributed by atoms with Crippen LogP contribution in [0.5, 0.6) is 0 Å². The molecule has 4 aliphatic carbocycles. The fourth-order valence-corrected chi connectivity index (χ4v) is 9.16. The number of allylic oxidation sites excluding steroid dienone is 1. The van der Waals surface area contributed by atoms with Gasteiger partial charge in [0.15, 0.2) is 0 Å². The first-order valence-electron chi connectivity index (χ1n) is 13.5. The summed E-state index contributed by atoms with van der Waals surface area (Å²) >= 11 is 0. The molecule has 0 spiro atoms. The molecule has 0 aromatic heterocycles. The van der Waals surface area contributed by atoms with Gasteiger partial charge in [0.05, 0.1) is 12.2 Å². The second-order valence-electron chi connectivity index (χ2n) is 12.7. The molecule has 0 aromatic rings. The Morgan fingerprint density at radius 1 is 0.968 bits per heavy atom. The van der Waals surface area contributed by atoms with Crippen LogP contribution >= 0.6 is 0 Å². The van der Waals surface area contributed by atoms with Crippen LogP contribution in [0.1, 0.15) is 98.8 Å². The van der Waals surface area contributed by atoms with E-state index in [0.717, 1.165) is 29.6 Å². The number of hydrogen-bond acceptors (Lipinski definition) is 2. The van der Waals surface area contributed by atoms with Crippen molar-refractivity contribution in [3.8, 4) is 0 Å². The fourth-order valence-electron chi connectivity index (χ4n) is 9.16. The highest BCUT2D eigenvalue weighted by Gasteiger charge is 2.59. The second-order valence-corrected chi connectivity index (χ2v) is 12.7. The molecule has 9 atom stereocenters. The van der Waals surface area contributed by atoms with Gasteiger partial charge in [-0.05, 0) is 111 Å². The highest BCUT2D eigenvalue weighted by molar-refractivity contribution is 5.25. The number of ether oxygens (including phenoxy) is 2. The second kappa shape index (κ2) is 9.13. The Kier molecular flexibility index (Phi) is 7.01.